The van der Waals surface area contributed by atoms with E-state index in [-0.39, 0.29) is 11.3 Å². The number of unbranched alkanes of at least 4 members (excludes halogenated alkanes) is 1. The summed E-state index contributed by atoms with van der Waals surface area (Å²) in [5.74, 6) is 0.252. The van der Waals surface area contributed by atoms with Gasteiger partial charge in [0, 0.05) is 31.7 Å². The Labute approximate surface area is 242 Å². The second kappa shape index (κ2) is 14.4. The number of benzene rings is 2. The molecule has 2 aliphatic rings. The van der Waals surface area contributed by atoms with Crippen LogP contribution in [0.2, 0.25) is 0 Å². The van der Waals surface area contributed by atoms with Crippen LogP contribution in [0.5, 0.6) is 17.2 Å². The maximum absolute atomic E-state index is 13.5. The predicted octanol–water partition coefficient (Wildman–Crippen LogP) is 4.73. The molecule has 2 aromatic rings. The Morgan fingerprint density at radius 2 is 1.78 bits per heavy atom. The van der Waals surface area contributed by atoms with Crippen LogP contribution in [-0.2, 0) is 14.3 Å². The van der Waals surface area contributed by atoms with Crippen LogP contribution in [0.1, 0.15) is 55.8 Å². The van der Waals surface area contributed by atoms with Gasteiger partial charge in [-0.3, -0.25) is 14.5 Å². The zero-order valence-electron chi connectivity index (χ0n) is 24.6. The number of ketones is 1. The number of nitrogens with zero attached hydrogens (tertiary/aromatic N) is 2. The standard InChI is InChI=1S/C32H42N2O7/c1-5-7-17-41-26-12-9-23(21-27(26)38-4)29-28(30(35)25-11-10-24(40-6-2)20-22(25)3)31(36)32(37)34(29)14-8-13-33-15-18-39-19-16-33/h9-12,20-21,29,35H,5-8,13-19H2,1-4H3. The Balaban J connectivity index is 1.72. The van der Waals surface area contributed by atoms with E-state index in [1.807, 2.05) is 26.0 Å². The van der Waals surface area contributed by atoms with Crippen molar-refractivity contribution >= 4 is 17.4 Å². The fourth-order valence-corrected chi connectivity index (χ4v) is 5.35. The van der Waals surface area contributed by atoms with Gasteiger partial charge in [0.2, 0.25) is 0 Å². The van der Waals surface area contributed by atoms with Crippen molar-refractivity contribution in [3.8, 4) is 17.2 Å². The van der Waals surface area contributed by atoms with Crippen LogP contribution < -0.4 is 14.2 Å². The summed E-state index contributed by atoms with van der Waals surface area (Å²) in [7, 11) is 1.56. The molecule has 9 heteroatoms. The second-order valence-electron chi connectivity index (χ2n) is 10.3. The molecule has 2 heterocycles. The maximum Gasteiger partial charge on any atom is 0.295 e. The lowest BCUT2D eigenvalue weighted by atomic mass is 9.93. The SMILES string of the molecule is CCCCOc1ccc(C2C(=C(O)c3ccc(OCC)cc3C)C(=O)C(=O)N2CCCN2CCOCC2)cc1OC. The summed E-state index contributed by atoms with van der Waals surface area (Å²) in [6.07, 6.45) is 2.60. The number of aryl methyl sites for hydroxylation is 1. The molecule has 222 valence electrons. The molecule has 1 unspecified atom stereocenters. The lowest BCUT2D eigenvalue weighted by molar-refractivity contribution is -0.140. The van der Waals surface area contributed by atoms with E-state index in [4.69, 9.17) is 18.9 Å². The first kappa shape index (κ1) is 30.4. The number of carbonyl (C=O) groups excluding carboxylic acids is 2. The maximum atomic E-state index is 13.5. The highest BCUT2D eigenvalue weighted by atomic mass is 16.5. The van der Waals surface area contributed by atoms with Crippen molar-refractivity contribution in [1.29, 1.82) is 0 Å². The third-order valence-corrected chi connectivity index (χ3v) is 7.54. The van der Waals surface area contributed by atoms with Crippen molar-refractivity contribution in [1.82, 2.24) is 9.80 Å². The van der Waals surface area contributed by atoms with Crippen molar-refractivity contribution in [2.24, 2.45) is 0 Å². The fraction of sp³-hybridized carbons (Fsp3) is 0.500. The summed E-state index contributed by atoms with van der Waals surface area (Å²) in [5.41, 5.74) is 1.95. The Bertz CT molecular complexity index is 1250. The van der Waals surface area contributed by atoms with Crippen LogP contribution in [0, 0.1) is 6.92 Å². The first-order valence-electron chi connectivity index (χ1n) is 14.5. The number of methoxy groups -OCH3 is 1. The Kier molecular flexibility index (Phi) is 10.7. The zero-order chi connectivity index (χ0) is 29.4. The monoisotopic (exact) mass is 566 g/mol. The first-order chi connectivity index (χ1) is 19.9. The lowest BCUT2D eigenvalue weighted by Crippen LogP contribution is -2.39. The minimum absolute atomic E-state index is 0.0651. The molecule has 4 rings (SSSR count). The Morgan fingerprint density at radius 3 is 2.46 bits per heavy atom. The molecule has 2 aliphatic heterocycles. The van der Waals surface area contributed by atoms with E-state index in [1.54, 1.807) is 36.3 Å². The largest absolute Gasteiger partial charge is 0.507 e. The number of hydrogen-bond acceptors (Lipinski definition) is 8. The molecule has 41 heavy (non-hydrogen) atoms. The van der Waals surface area contributed by atoms with E-state index in [9.17, 15) is 14.7 Å². The minimum Gasteiger partial charge on any atom is -0.507 e. The van der Waals surface area contributed by atoms with Crippen LogP contribution in [0.3, 0.4) is 0 Å². The molecular formula is C32H42N2O7. The molecule has 2 fully saturated rings. The van der Waals surface area contributed by atoms with Gasteiger partial charge in [-0.2, -0.15) is 0 Å². The number of aliphatic hydroxyl groups excluding tert-OH is 1. The van der Waals surface area contributed by atoms with E-state index in [1.165, 1.54) is 0 Å². The van der Waals surface area contributed by atoms with Crippen LogP contribution in [0.15, 0.2) is 42.0 Å². The molecule has 1 atom stereocenters. The summed E-state index contributed by atoms with van der Waals surface area (Å²) in [5, 5.41) is 11.6. The van der Waals surface area contributed by atoms with Crippen LogP contribution >= 0.6 is 0 Å². The molecule has 1 amide bonds. The smallest absolute Gasteiger partial charge is 0.295 e. The predicted molar refractivity (Wildman–Crippen MR) is 157 cm³/mol. The number of likely N-dealkylation sites (tertiary alicyclic amines) is 1. The molecule has 2 aromatic carbocycles. The number of hydrogen-bond donors (Lipinski definition) is 1. The van der Waals surface area contributed by atoms with Crippen LogP contribution in [-0.4, -0.2) is 86.3 Å². The molecule has 0 aromatic heterocycles. The van der Waals surface area contributed by atoms with E-state index < -0.39 is 17.7 Å². The second-order valence-corrected chi connectivity index (χ2v) is 10.3. The van der Waals surface area contributed by atoms with E-state index in [2.05, 4.69) is 11.8 Å². The topological polar surface area (TPSA) is 97.8 Å². The van der Waals surface area contributed by atoms with Gasteiger partial charge >= 0.3 is 0 Å². The van der Waals surface area contributed by atoms with Gasteiger partial charge in [-0.15, -0.1) is 0 Å². The Hall–Kier alpha value is -3.56. The summed E-state index contributed by atoms with van der Waals surface area (Å²) < 4.78 is 22.6. The molecule has 0 aliphatic carbocycles. The molecule has 0 bridgehead atoms. The number of Topliss-reactive ketones (excluding diaryl/α,β-unsaturated/α-hetero) is 1. The lowest BCUT2D eigenvalue weighted by Gasteiger charge is -2.29. The van der Waals surface area contributed by atoms with Gasteiger partial charge in [0.05, 0.1) is 45.2 Å². The van der Waals surface area contributed by atoms with E-state index in [0.29, 0.717) is 67.8 Å². The van der Waals surface area contributed by atoms with Crippen molar-refractivity contribution in [2.45, 2.75) is 46.1 Å². The molecule has 9 nitrogen and oxygen atoms in total. The van der Waals surface area contributed by atoms with Crippen LogP contribution in [0.4, 0.5) is 0 Å². The van der Waals surface area contributed by atoms with Crippen molar-refractivity contribution in [2.75, 3.05) is 59.7 Å². The van der Waals surface area contributed by atoms with Gasteiger partial charge in [-0.1, -0.05) is 19.4 Å². The molecule has 2 saturated heterocycles. The first-order valence-corrected chi connectivity index (χ1v) is 14.5. The highest BCUT2D eigenvalue weighted by Gasteiger charge is 2.46. The van der Waals surface area contributed by atoms with E-state index in [0.717, 1.165) is 38.0 Å². The average molecular weight is 567 g/mol. The summed E-state index contributed by atoms with van der Waals surface area (Å²) in [6.45, 7) is 11.1. The number of rotatable bonds is 13. The number of amides is 1. The van der Waals surface area contributed by atoms with Crippen LogP contribution in [0.25, 0.3) is 5.76 Å². The molecular weight excluding hydrogens is 524 g/mol. The zero-order valence-corrected chi connectivity index (χ0v) is 24.6. The van der Waals surface area contributed by atoms with Gasteiger partial charge in [-0.05, 0) is 68.1 Å². The molecule has 1 N–H and O–H groups in total. The average Bonchev–Trinajstić information content (AvgIpc) is 3.23. The number of aliphatic hydroxyl groups is 1. The van der Waals surface area contributed by atoms with Crippen molar-refractivity contribution in [3.63, 3.8) is 0 Å². The number of ether oxygens (including phenoxy) is 4. The number of morpholine rings is 1. The quantitative estimate of drug-likeness (QED) is 0.161. The molecule has 0 spiro atoms. The van der Waals surface area contributed by atoms with Crippen molar-refractivity contribution in [3.05, 3.63) is 58.7 Å². The van der Waals surface area contributed by atoms with Gasteiger partial charge in [0.1, 0.15) is 11.5 Å². The van der Waals surface area contributed by atoms with Gasteiger partial charge in [0.25, 0.3) is 11.7 Å². The van der Waals surface area contributed by atoms with Gasteiger partial charge in [0.15, 0.2) is 11.5 Å². The summed E-state index contributed by atoms with van der Waals surface area (Å²) in [4.78, 5) is 30.9. The molecule has 0 radical (unpaired) electrons. The van der Waals surface area contributed by atoms with E-state index >= 15 is 0 Å². The van der Waals surface area contributed by atoms with Crippen molar-refractivity contribution < 1.29 is 33.6 Å². The summed E-state index contributed by atoms with van der Waals surface area (Å²) >= 11 is 0. The molecule has 0 saturated carbocycles. The highest BCUT2D eigenvalue weighted by molar-refractivity contribution is 6.46. The normalized spacial score (nSPS) is 19.0. The third kappa shape index (κ3) is 7.02. The number of carbonyl (C=O) groups is 2. The summed E-state index contributed by atoms with van der Waals surface area (Å²) in [6, 6.07) is 9.97. The minimum atomic E-state index is -0.774. The Morgan fingerprint density at radius 1 is 1.00 bits per heavy atom. The third-order valence-electron chi connectivity index (χ3n) is 7.54. The van der Waals surface area contributed by atoms with Gasteiger partial charge in [-0.25, -0.2) is 0 Å². The van der Waals surface area contributed by atoms with Gasteiger partial charge < -0.3 is 29.0 Å². The fourth-order valence-electron chi connectivity index (χ4n) is 5.35. The highest BCUT2D eigenvalue weighted by Crippen LogP contribution is 2.42.